The molecule has 1 aliphatic rings. The summed E-state index contributed by atoms with van der Waals surface area (Å²) in [6.07, 6.45) is 2.65. The van der Waals surface area contributed by atoms with Crippen molar-refractivity contribution in [2.24, 2.45) is 5.41 Å². The third-order valence-corrected chi connectivity index (χ3v) is 4.54. The number of aliphatic hydroxyl groups is 1. The predicted octanol–water partition coefficient (Wildman–Crippen LogP) is 2.88. The van der Waals surface area contributed by atoms with Crippen LogP contribution in [-0.2, 0) is 0 Å². The lowest BCUT2D eigenvalue weighted by Gasteiger charge is -2.30. The van der Waals surface area contributed by atoms with Crippen LogP contribution in [0.4, 0.5) is 13.6 Å². The molecular weight excluding hydrogens is 290 g/mol. The lowest BCUT2D eigenvalue weighted by molar-refractivity contribution is 0.121. The van der Waals surface area contributed by atoms with Crippen LogP contribution in [0.1, 0.15) is 44.7 Å². The molecular formula is C16H22F2N2O2. The van der Waals surface area contributed by atoms with Gasteiger partial charge in [0.25, 0.3) is 0 Å². The smallest absolute Gasteiger partial charge is 0.315 e. The van der Waals surface area contributed by atoms with Crippen LogP contribution in [0, 0.1) is 17.0 Å². The van der Waals surface area contributed by atoms with Gasteiger partial charge in [-0.25, -0.2) is 13.6 Å². The van der Waals surface area contributed by atoms with Gasteiger partial charge in [-0.1, -0.05) is 19.4 Å². The Kier molecular flexibility index (Phi) is 5.01. The van der Waals surface area contributed by atoms with Crippen LogP contribution in [-0.4, -0.2) is 23.8 Å². The van der Waals surface area contributed by atoms with Crippen LogP contribution >= 0.6 is 0 Å². The molecule has 0 heterocycles. The van der Waals surface area contributed by atoms with E-state index in [2.05, 4.69) is 10.6 Å². The first-order chi connectivity index (χ1) is 10.4. The Hall–Kier alpha value is -1.69. The van der Waals surface area contributed by atoms with Gasteiger partial charge in [0.1, 0.15) is 0 Å². The second-order valence-corrected chi connectivity index (χ2v) is 6.27. The molecule has 3 atom stereocenters. The third-order valence-electron chi connectivity index (χ3n) is 4.54. The zero-order chi connectivity index (χ0) is 16.3. The van der Waals surface area contributed by atoms with Crippen molar-refractivity contribution in [2.45, 2.75) is 45.2 Å². The molecule has 1 fully saturated rings. The first-order valence-corrected chi connectivity index (χ1v) is 7.48. The van der Waals surface area contributed by atoms with Crippen LogP contribution < -0.4 is 10.6 Å². The number of carbonyl (C=O) groups is 1. The minimum absolute atomic E-state index is 0.0245. The van der Waals surface area contributed by atoms with Crippen molar-refractivity contribution in [3.63, 3.8) is 0 Å². The van der Waals surface area contributed by atoms with Crippen molar-refractivity contribution < 1.29 is 18.7 Å². The molecule has 22 heavy (non-hydrogen) atoms. The van der Waals surface area contributed by atoms with Crippen LogP contribution in [0.5, 0.6) is 0 Å². The molecule has 122 valence electrons. The largest absolute Gasteiger partial charge is 0.396 e. The van der Waals surface area contributed by atoms with E-state index in [0.29, 0.717) is 5.56 Å². The van der Waals surface area contributed by atoms with E-state index in [9.17, 15) is 18.7 Å². The molecule has 0 spiro atoms. The highest BCUT2D eigenvalue weighted by Gasteiger charge is 2.39. The van der Waals surface area contributed by atoms with E-state index < -0.39 is 17.7 Å². The lowest BCUT2D eigenvalue weighted by Crippen LogP contribution is -2.49. The molecule has 2 rings (SSSR count). The molecule has 0 radical (unpaired) electrons. The van der Waals surface area contributed by atoms with Crippen LogP contribution in [0.2, 0.25) is 0 Å². The summed E-state index contributed by atoms with van der Waals surface area (Å²) >= 11 is 0. The van der Waals surface area contributed by atoms with Crippen molar-refractivity contribution in [3.05, 3.63) is 35.4 Å². The predicted molar refractivity (Wildman–Crippen MR) is 79.3 cm³/mol. The maximum Gasteiger partial charge on any atom is 0.315 e. The Labute approximate surface area is 128 Å². The number of rotatable bonds is 4. The Balaban J connectivity index is 1.95. The van der Waals surface area contributed by atoms with E-state index in [1.807, 2.05) is 6.92 Å². The fourth-order valence-corrected chi connectivity index (χ4v) is 2.93. The maximum absolute atomic E-state index is 13.2. The molecule has 1 aromatic carbocycles. The van der Waals surface area contributed by atoms with E-state index in [1.165, 1.54) is 6.07 Å². The highest BCUT2D eigenvalue weighted by molar-refractivity contribution is 5.74. The van der Waals surface area contributed by atoms with Gasteiger partial charge < -0.3 is 15.7 Å². The second kappa shape index (κ2) is 6.60. The molecule has 6 heteroatoms. The molecule has 0 bridgehead atoms. The van der Waals surface area contributed by atoms with Gasteiger partial charge in [0.2, 0.25) is 0 Å². The SMILES string of the molecule is CC(NC(=O)NC1CCCC1(C)CO)c1ccc(F)c(F)c1. The summed E-state index contributed by atoms with van der Waals surface area (Å²) in [6, 6.07) is 2.65. The molecule has 4 nitrogen and oxygen atoms in total. The minimum Gasteiger partial charge on any atom is -0.396 e. The number of hydrogen-bond acceptors (Lipinski definition) is 2. The first-order valence-electron chi connectivity index (χ1n) is 7.48. The number of hydrogen-bond donors (Lipinski definition) is 3. The van der Waals surface area contributed by atoms with Gasteiger partial charge in [-0.05, 0) is 37.5 Å². The highest BCUT2D eigenvalue weighted by atomic mass is 19.2. The standard InChI is InChI=1S/C16H22F2N2O2/c1-10(11-5-6-12(17)13(18)8-11)19-15(22)20-14-4-3-7-16(14,2)9-21/h5-6,8,10,14,21H,3-4,7,9H2,1-2H3,(H2,19,20,22). The second-order valence-electron chi connectivity index (χ2n) is 6.27. The van der Waals surface area contributed by atoms with Crippen LogP contribution in [0.25, 0.3) is 0 Å². The lowest BCUT2D eigenvalue weighted by atomic mass is 9.86. The van der Waals surface area contributed by atoms with Gasteiger partial charge in [0.15, 0.2) is 11.6 Å². The van der Waals surface area contributed by atoms with Crippen LogP contribution in [0.3, 0.4) is 0 Å². The summed E-state index contributed by atoms with van der Waals surface area (Å²) in [6.45, 7) is 3.67. The molecule has 2 amide bonds. The summed E-state index contributed by atoms with van der Waals surface area (Å²) < 4.78 is 26.1. The molecule has 3 N–H and O–H groups in total. The van der Waals surface area contributed by atoms with Crippen molar-refractivity contribution in [1.29, 1.82) is 0 Å². The van der Waals surface area contributed by atoms with Crippen molar-refractivity contribution in [3.8, 4) is 0 Å². The number of halogens is 2. The fourth-order valence-electron chi connectivity index (χ4n) is 2.93. The number of nitrogens with one attached hydrogen (secondary N) is 2. The molecule has 0 saturated heterocycles. The summed E-state index contributed by atoms with van der Waals surface area (Å²) in [5.74, 6) is -1.85. The Bertz CT molecular complexity index is 553. The Morgan fingerprint density at radius 1 is 1.45 bits per heavy atom. The number of urea groups is 1. The zero-order valence-corrected chi connectivity index (χ0v) is 12.8. The fraction of sp³-hybridized carbons (Fsp3) is 0.562. The van der Waals surface area contributed by atoms with Gasteiger partial charge >= 0.3 is 6.03 Å². The average Bonchev–Trinajstić information content (AvgIpc) is 2.83. The van der Waals surface area contributed by atoms with Gasteiger partial charge in [-0.15, -0.1) is 0 Å². The molecule has 3 unspecified atom stereocenters. The maximum atomic E-state index is 13.2. The van der Waals surface area contributed by atoms with Gasteiger partial charge in [-0.2, -0.15) is 0 Å². The van der Waals surface area contributed by atoms with E-state index in [-0.39, 0.29) is 24.1 Å². The minimum atomic E-state index is -0.935. The quantitative estimate of drug-likeness (QED) is 0.800. The summed E-state index contributed by atoms with van der Waals surface area (Å²) in [5.41, 5.74) is 0.188. The van der Waals surface area contributed by atoms with E-state index in [1.54, 1.807) is 6.92 Å². The summed E-state index contributed by atoms with van der Waals surface area (Å²) in [5, 5.41) is 15.1. The monoisotopic (exact) mass is 312 g/mol. The Morgan fingerprint density at radius 3 is 2.82 bits per heavy atom. The molecule has 1 aromatic rings. The number of amides is 2. The van der Waals surface area contributed by atoms with Gasteiger partial charge in [0.05, 0.1) is 12.6 Å². The normalized spacial score (nSPS) is 25.8. The van der Waals surface area contributed by atoms with Crippen molar-refractivity contribution in [1.82, 2.24) is 10.6 Å². The third kappa shape index (κ3) is 3.55. The number of aliphatic hydroxyl groups excluding tert-OH is 1. The molecule has 0 aromatic heterocycles. The van der Waals surface area contributed by atoms with Crippen LogP contribution in [0.15, 0.2) is 18.2 Å². The number of carbonyl (C=O) groups excluding carboxylic acids is 1. The van der Waals surface area contributed by atoms with E-state index in [0.717, 1.165) is 31.4 Å². The average molecular weight is 312 g/mol. The summed E-state index contributed by atoms with van der Waals surface area (Å²) in [7, 11) is 0. The number of benzene rings is 1. The van der Waals surface area contributed by atoms with E-state index >= 15 is 0 Å². The molecule has 1 saturated carbocycles. The first kappa shape index (κ1) is 16.7. The van der Waals surface area contributed by atoms with E-state index in [4.69, 9.17) is 0 Å². The zero-order valence-electron chi connectivity index (χ0n) is 12.8. The Morgan fingerprint density at radius 2 is 2.18 bits per heavy atom. The topological polar surface area (TPSA) is 61.4 Å². The summed E-state index contributed by atoms with van der Waals surface area (Å²) in [4.78, 5) is 12.1. The molecule has 1 aliphatic carbocycles. The highest BCUT2D eigenvalue weighted by Crippen LogP contribution is 2.37. The van der Waals surface area contributed by atoms with Gasteiger partial charge in [0, 0.05) is 11.5 Å². The molecule has 0 aliphatic heterocycles. The van der Waals surface area contributed by atoms with Gasteiger partial charge in [-0.3, -0.25) is 0 Å². The van der Waals surface area contributed by atoms with Crippen molar-refractivity contribution in [2.75, 3.05) is 6.61 Å². The van der Waals surface area contributed by atoms with Crippen molar-refractivity contribution >= 4 is 6.03 Å².